The number of ketones is 1. The van der Waals surface area contributed by atoms with Crippen molar-refractivity contribution in [1.82, 2.24) is 15.0 Å². The Balaban J connectivity index is 2.37. The molecule has 10 heteroatoms. The van der Waals surface area contributed by atoms with Gasteiger partial charge in [0, 0.05) is 20.1 Å². The number of nitrogens with zero attached hydrogens (tertiary/aromatic N) is 3. The molecule has 9 nitrogen and oxygen atoms in total. The van der Waals surface area contributed by atoms with Gasteiger partial charge in [-0.25, -0.2) is 13.1 Å². The fourth-order valence-electron chi connectivity index (χ4n) is 2.35. The Morgan fingerprint density at radius 2 is 1.78 bits per heavy atom. The van der Waals surface area contributed by atoms with Gasteiger partial charge in [-0.15, -0.1) is 5.10 Å². The van der Waals surface area contributed by atoms with Crippen LogP contribution >= 0.6 is 0 Å². The lowest BCUT2D eigenvalue weighted by Crippen LogP contribution is -2.26. The van der Waals surface area contributed by atoms with Gasteiger partial charge < -0.3 is 9.47 Å². The first-order chi connectivity index (χ1) is 12.8. The third kappa shape index (κ3) is 5.34. The first kappa shape index (κ1) is 21.0. The fourth-order valence-corrected chi connectivity index (χ4v) is 3.42. The van der Waals surface area contributed by atoms with Crippen molar-refractivity contribution in [2.45, 2.75) is 45.4 Å². The van der Waals surface area contributed by atoms with Gasteiger partial charge in [0.2, 0.25) is 0 Å². The molecule has 0 saturated heterocycles. The largest absolute Gasteiger partial charge is 0.351 e. The second-order valence-electron chi connectivity index (χ2n) is 5.78. The number of ether oxygens (including phenoxy) is 2. The van der Waals surface area contributed by atoms with Gasteiger partial charge in [0.25, 0.3) is 10.0 Å². The molecule has 0 radical (unpaired) electrons. The zero-order valence-electron chi connectivity index (χ0n) is 15.8. The predicted octanol–water partition coefficient (Wildman–Crippen LogP) is 1.99. The van der Waals surface area contributed by atoms with Crippen LogP contribution in [0, 0.1) is 6.92 Å². The Morgan fingerprint density at radius 1 is 1.19 bits per heavy atom. The lowest BCUT2D eigenvalue weighted by atomic mass is 10.2. The number of carbonyl (C=O) groups is 1. The maximum Gasteiger partial charge on any atom is 0.263 e. The van der Waals surface area contributed by atoms with E-state index in [4.69, 9.17) is 9.47 Å². The van der Waals surface area contributed by atoms with Crippen LogP contribution in [0.5, 0.6) is 0 Å². The molecule has 1 aromatic carbocycles. The summed E-state index contributed by atoms with van der Waals surface area (Å²) in [6, 6.07) is 6.36. The maximum atomic E-state index is 12.7. The molecule has 0 unspecified atom stereocenters. The number of aryl methyl sites for hydroxylation is 1. The topological polar surface area (TPSA) is 112 Å². The predicted molar refractivity (Wildman–Crippen MR) is 99.1 cm³/mol. The van der Waals surface area contributed by atoms with Crippen LogP contribution in [0.4, 0.5) is 5.82 Å². The first-order valence-electron chi connectivity index (χ1n) is 8.55. The normalized spacial score (nSPS) is 11.7. The van der Waals surface area contributed by atoms with Crippen LogP contribution in [0.3, 0.4) is 0 Å². The molecule has 27 heavy (non-hydrogen) atoms. The molecule has 0 aliphatic rings. The molecular weight excluding hydrogens is 372 g/mol. The number of anilines is 1. The number of Topliss-reactive ketones (excluding diaryl/α,β-unsaturated/α-hetero) is 1. The van der Waals surface area contributed by atoms with Crippen LogP contribution in [0.1, 0.15) is 36.8 Å². The van der Waals surface area contributed by atoms with Crippen molar-refractivity contribution < 1.29 is 22.7 Å². The maximum absolute atomic E-state index is 12.7. The fraction of sp³-hybridized carbons (Fsp3) is 0.471. The summed E-state index contributed by atoms with van der Waals surface area (Å²) in [5.41, 5.74) is 0.860. The Morgan fingerprint density at radius 3 is 2.30 bits per heavy atom. The molecule has 1 aromatic heterocycles. The van der Waals surface area contributed by atoms with E-state index in [9.17, 15) is 13.2 Å². The molecule has 0 bridgehead atoms. The zero-order chi connectivity index (χ0) is 20.0. The second-order valence-corrected chi connectivity index (χ2v) is 7.47. The van der Waals surface area contributed by atoms with Crippen LogP contribution in [0.25, 0.3) is 0 Å². The second kappa shape index (κ2) is 9.07. The van der Waals surface area contributed by atoms with E-state index in [1.165, 1.54) is 23.7 Å². The molecule has 0 saturated carbocycles. The molecule has 2 rings (SSSR count). The molecule has 1 heterocycles. The van der Waals surface area contributed by atoms with E-state index in [1.807, 2.05) is 20.8 Å². The Bertz CT molecular complexity index is 871. The average molecular weight is 396 g/mol. The average Bonchev–Trinajstić information content (AvgIpc) is 2.98. The lowest BCUT2D eigenvalue weighted by Gasteiger charge is -2.18. The van der Waals surface area contributed by atoms with Gasteiger partial charge in [-0.3, -0.25) is 9.52 Å². The SMILES string of the molecule is CCOC(Cn1nnc(C(C)=O)c1NS(=O)(=O)c1ccc(C)cc1)OCC. The van der Waals surface area contributed by atoms with Crippen molar-refractivity contribution >= 4 is 21.6 Å². The lowest BCUT2D eigenvalue weighted by molar-refractivity contribution is -0.144. The van der Waals surface area contributed by atoms with Crippen molar-refractivity contribution in [3.8, 4) is 0 Å². The van der Waals surface area contributed by atoms with Crippen molar-refractivity contribution in [2.75, 3.05) is 17.9 Å². The minimum Gasteiger partial charge on any atom is -0.351 e. The number of carbonyl (C=O) groups excluding carboxylic acids is 1. The first-order valence-corrected chi connectivity index (χ1v) is 10.0. The van der Waals surface area contributed by atoms with E-state index in [0.717, 1.165) is 5.56 Å². The molecule has 1 N–H and O–H groups in total. The summed E-state index contributed by atoms with van der Waals surface area (Å²) in [6.07, 6.45) is -0.649. The van der Waals surface area contributed by atoms with Gasteiger partial charge in [0.1, 0.15) is 0 Å². The summed E-state index contributed by atoms with van der Waals surface area (Å²) >= 11 is 0. The van der Waals surface area contributed by atoms with Crippen LogP contribution in [-0.4, -0.2) is 48.7 Å². The minimum atomic E-state index is -3.92. The van der Waals surface area contributed by atoms with Gasteiger partial charge >= 0.3 is 0 Å². The smallest absolute Gasteiger partial charge is 0.263 e. The van der Waals surface area contributed by atoms with Gasteiger partial charge in [0.05, 0.1) is 11.4 Å². The number of nitrogens with one attached hydrogen (secondary N) is 1. The van der Waals surface area contributed by atoms with E-state index in [1.54, 1.807) is 12.1 Å². The molecule has 0 atom stereocenters. The van der Waals surface area contributed by atoms with Crippen molar-refractivity contribution in [2.24, 2.45) is 0 Å². The number of sulfonamides is 1. The van der Waals surface area contributed by atoms with Gasteiger partial charge in [0.15, 0.2) is 23.6 Å². The molecule has 0 aliphatic carbocycles. The standard InChI is InChI=1S/C17H24N4O5S/c1-5-25-15(26-6-2)11-21-17(16(13(4)22)18-20-21)19-27(23,24)14-9-7-12(3)8-10-14/h7-10,15,19H,5-6,11H2,1-4H3. The Kier molecular flexibility index (Phi) is 7.05. The van der Waals surface area contributed by atoms with Gasteiger partial charge in [-0.2, -0.15) is 0 Å². The van der Waals surface area contributed by atoms with Crippen LogP contribution < -0.4 is 4.72 Å². The molecular formula is C17H24N4O5S. The number of rotatable bonds is 10. The van der Waals surface area contributed by atoms with E-state index in [2.05, 4.69) is 15.0 Å². The third-order valence-electron chi connectivity index (χ3n) is 3.66. The van der Waals surface area contributed by atoms with E-state index < -0.39 is 22.1 Å². The number of hydrogen-bond donors (Lipinski definition) is 1. The highest BCUT2D eigenvalue weighted by Crippen LogP contribution is 2.20. The Hall–Kier alpha value is -2.30. The van der Waals surface area contributed by atoms with Crippen molar-refractivity contribution in [3.05, 3.63) is 35.5 Å². The summed E-state index contributed by atoms with van der Waals surface area (Å²) in [4.78, 5) is 11.9. The van der Waals surface area contributed by atoms with Crippen LogP contribution in [0.15, 0.2) is 29.2 Å². The van der Waals surface area contributed by atoms with E-state index >= 15 is 0 Å². The summed E-state index contributed by atoms with van der Waals surface area (Å²) < 4.78 is 40.1. The molecule has 2 aromatic rings. The number of hydrogen-bond acceptors (Lipinski definition) is 7. The zero-order valence-corrected chi connectivity index (χ0v) is 16.6. The van der Waals surface area contributed by atoms with E-state index in [0.29, 0.717) is 13.2 Å². The summed E-state index contributed by atoms with van der Waals surface area (Å²) in [7, 11) is -3.92. The number of benzene rings is 1. The molecule has 0 aliphatic heterocycles. The highest BCUT2D eigenvalue weighted by Gasteiger charge is 2.25. The molecule has 0 spiro atoms. The summed E-state index contributed by atoms with van der Waals surface area (Å²) in [6.45, 7) is 7.67. The van der Waals surface area contributed by atoms with Crippen molar-refractivity contribution in [1.29, 1.82) is 0 Å². The van der Waals surface area contributed by atoms with Crippen LogP contribution in [0.2, 0.25) is 0 Å². The van der Waals surface area contributed by atoms with E-state index in [-0.39, 0.29) is 23.0 Å². The van der Waals surface area contributed by atoms with Gasteiger partial charge in [-0.05, 0) is 32.9 Å². The van der Waals surface area contributed by atoms with Crippen LogP contribution in [-0.2, 0) is 26.0 Å². The minimum absolute atomic E-state index is 0.0209. The highest BCUT2D eigenvalue weighted by molar-refractivity contribution is 7.92. The monoisotopic (exact) mass is 396 g/mol. The van der Waals surface area contributed by atoms with Crippen molar-refractivity contribution in [3.63, 3.8) is 0 Å². The molecule has 0 fully saturated rings. The molecule has 148 valence electrons. The van der Waals surface area contributed by atoms with Gasteiger partial charge in [-0.1, -0.05) is 22.9 Å². The Labute approximate surface area is 158 Å². The quantitative estimate of drug-likeness (QED) is 0.483. The molecule has 0 amide bonds. The summed E-state index contributed by atoms with van der Waals surface area (Å²) in [5.74, 6) is -0.431. The highest BCUT2D eigenvalue weighted by atomic mass is 32.2. The summed E-state index contributed by atoms with van der Waals surface area (Å²) in [5, 5.41) is 7.70. The number of aromatic nitrogens is 3. The third-order valence-corrected chi connectivity index (χ3v) is 5.01.